The van der Waals surface area contributed by atoms with Crippen LogP contribution in [-0.4, -0.2) is 15.7 Å². The van der Waals surface area contributed by atoms with Crippen molar-refractivity contribution in [1.29, 1.82) is 0 Å². The summed E-state index contributed by atoms with van der Waals surface area (Å²) in [5, 5.41) is 2.77. The normalized spacial score (nSPS) is 12.0. The molecule has 2 aromatic rings. The Bertz CT molecular complexity index is 738. The van der Waals surface area contributed by atoms with E-state index in [1.54, 1.807) is 54.6 Å². The molecule has 0 radical (unpaired) electrons. The van der Waals surface area contributed by atoms with Gasteiger partial charge in [-0.1, -0.05) is 41.9 Å². The molecule has 0 heterocycles. The first-order valence-corrected chi connectivity index (χ1v) is 8.25. The van der Waals surface area contributed by atoms with Gasteiger partial charge in [0.05, 0.1) is 0 Å². The predicted molar refractivity (Wildman–Crippen MR) is 85.4 cm³/mol. The van der Waals surface area contributed by atoms with Crippen LogP contribution in [0.4, 0.5) is 0 Å². The Balaban J connectivity index is 2.30. The van der Waals surface area contributed by atoms with Gasteiger partial charge in [0.15, 0.2) is 0 Å². The van der Waals surface area contributed by atoms with Crippen LogP contribution >= 0.6 is 19.2 Å². The molecule has 0 bridgehead atoms. The summed E-state index contributed by atoms with van der Waals surface area (Å²) < 4.78 is 11.6. The molecule has 0 aromatic heterocycles. The van der Waals surface area contributed by atoms with Crippen LogP contribution in [0.15, 0.2) is 60.0 Å². The Labute approximate surface area is 132 Å². The molecule has 0 aliphatic rings. The largest absolute Gasteiger partial charge is 0.372 e. The van der Waals surface area contributed by atoms with Crippen LogP contribution in [0.25, 0.3) is 6.08 Å². The second kappa shape index (κ2) is 6.90. The van der Waals surface area contributed by atoms with Gasteiger partial charge in [-0.2, -0.15) is 0 Å². The van der Waals surface area contributed by atoms with E-state index in [-0.39, 0.29) is 0 Å². The number of rotatable bonds is 4. The third kappa shape index (κ3) is 4.55. The maximum absolute atomic E-state index is 12.0. The Morgan fingerprint density at radius 1 is 1.05 bits per heavy atom. The fraction of sp³-hybridized carbons (Fsp3) is 0. The Kier molecular flexibility index (Phi) is 5.16. The fourth-order valence-electron chi connectivity index (χ4n) is 1.69. The highest BCUT2D eigenvalue weighted by Gasteiger charge is 2.23. The summed E-state index contributed by atoms with van der Waals surface area (Å²) in [5.41, 5.74) is 0.345. The van der Waals surface area contributed by atoms with E-state index in [9.17, 15) is 19.1 Å². The highest BCUT2D eigenvalue weighted by molar-refractivity contribution is 7.56. The summed E-state index contributed by atoms with van der Waals surface area (Å²) in [6.45, 7) is 0. The van der Waals surface area contributed by atoms with Gasteiger partial charge in [0, 0.05) is 10.6 Å². The first-order valence-electron chi connectivity index (χ1n) is 6.26. The number of hydrogen-bond acceptors (Lipinski definition) is 2. The lowest BCUT2D eigenvalue weighted by Crippen LogP contribution is -2.22. The lowest BCUT2D eigenvalue weighted by atomic mass is 10.2. The van der Waals surface area contributed by atoms with Crippen molar-refractivity contribution in [3.63, 3.8) is 0 Å². The highest BCUT2D eigenvalue weighted by atomic mass is 35.5. The van der Waals surface area contributed by atoms with Crippen molar-refractivity contribution in [3.8, 4) is 0 Å². The summed E-state index contributed by atoms with van der Waals surface area (Å²) in [7, 11) is -4.63. The van der Waals surface area contributed by atoms with Gasteiger partial charge in [-0.25, -0.2) is 0 Å². The topological polar surface area (TPSA) is 86.6 Å². The minimum atomic E-state index is -4.63. The monoisotopic (exact) mass is 337 g/mol. The molecule has 7 heteroatoms. The average molecular weight is 338 g/mol. The van der Waals surface area contributed by atoms with E-state index >= 15 is 0 Å². The standard InChI is InChI=1S/C15H13ClNO4P/c16-13-8-6-11(7-9-13)10-14(22(19,20)21)17-15(18)12-4-2-1-3-5-12/h1-10H,(H,17,18)(H2,19,20,21)/b14-10+. The van der Waals surface area contributed by atoms with Gasteiger partial charge >= 0.3 is 7.60 Å². The van der Waals surface area contributed by atoms with Crippen molar-refractivity contribution in [2.75, 3.05) is 0 Å². The molecule has 1 amide bonds. The van der Waals surface area contributed by atoms with E-state index in [1.165, 1.54) is 6.08 Å². The first-order chi connectivity index (χ1) is 10.4. The van der Waals surface area contributed by atoms with Crippen LogP contribution in [0.1, 0.15) is 15.9 Å². The minimum Gasteiger partial charge on any atom is -0.320 e. The van der Waals surface area contributed by atoms with E-state index in [0.29, 0.717) is 16.1 Å². The van der Waals surface area contributed by atoms with Crippen LogP contribution in [-0.2, 0) is 4.57 Å². The SMILES string of the molecule is O=C(N/C(=C\c1ccc(Cl)cc1)P(=O)(O)O)c1ccccc1. The summed E-state index contributed by atoms with van der Waals surface area (Å²) in [4.78, 5) is 30.8. The molecule has 0 aliphatic heterocycles. The summed E-state index contributed by atoms with van der Waals surface area (Å²) in [6.07, 6.45) is 1.22. The van der Waals surface area contributed by atoms with Crippen molar-refractivity contribution in [2.24, 2.45) is 0 Å². The molecule has 3 N–H and O–H groups in total. The lowest BCUT2D eigenvalue weighted by molar-refractivity contribution is 0.0966. The van der Waals surface area contributed by atoms with Gasteiger partial charge in [0.2, 0.25) is 0 Å². The number of carbonyl (C=O) groups is 1. The van der Waals surface area contributed by atoms with E-state index in [2.05, 4.69) is 5.32 Å². The van der Waals surface area contributed by atoms with Crippen molar-refractivity contribution >= 4 is 31.2 Å². The van der Waals surface area contributed by atoms with Crippen LogP contribution in [0.5, 0.6) is 0 Å². The maximum atomic E-state index is 12.0. The molecule has 0 saturated heterocycles. The van der Waals surface area contributed by atoms with Gasteiger partial charge in [0.25, 0.3) is 5.91 Å². The zero-order chi connectivity index (χ0) is 16.2. The minimum absolute atomic E-state index is 0.304. The van der Waals surface area contributed by atoms with Crippen LogP contribution < -0.4 is 5.32 Å². The van der Waals surface area contributed by atoms with Crippen LogP contribution in [0.2, 0.25) is 5.02 Å². The first kappa shape index (κ1) is 16.5. The Morgan fingerprint density at radius 2 is 1.64 bits per heavy atom. The summed E-state index contributed by atoms with van der Waals surface area (Å²) in [5.74, 6) is -0.593. The molecule has 0 spiro atoms. The number of benzene rings is 2. The van der Waals surface area contributed by atoms with E-state index in [0.717, 1.165) is 0 Å². The maximum Gasteiger partial charge on any atom is 0.372 e. The number of hydrogen-bond donors (Lipinski definition) is 3. The van der Waals surface area contributed by atoms with Crippen molar-refractivity contribution in [2.45, 2.75) is 0 Å². The van der Waals surface area contributed by atoms with Gasteiger partial charge in [-0.3, -0.25) is 9.36 Å². The predicted octanol–water partition coefficient (Wildman–Crippen LogP) is 3.25. The molecule has 22 heavy (non-hydrogen) atoms. The van der Waals surface area contributed by atoms with Crippen LogP contribution in [0, 0.1) is 0 Å². The van der Waals surface area contributed by atoms with Crippen molar-refractivity contribution < 1.29 is 19.1 Å². The zero-order valence-corrected chi connectivity index (χ0v) is 13.0. The van der Waals surface area contributed by atoms with E-state index in [4.69, 9.17) is 11.6 Å². The summed E-state index contributed by atoms with van der Waals surface area (Å²) in [6, 6.07) is 14.5. The highest BCUT2D eigenvalue weighted by Crippen LogP contribution is 2.44. The quantitative estimate of drug-likeness (QED) is 0.747. The number of carbonyl (C=O) groups excluding carboxylic acids is 1. The van der Waals surface area contributed by atoms with Crippen molar-refractivity contribution in [1.82, 2.24) is 5.32 Å². The Hall–Kier alpha value is -1.91. The summed E-state index contributed by atoms with van der Waals surface area (Å²) >= 11 is 5.76. The Morgan fingerprint density at radius 3 is 2.18 bits per heavy atom. The van der Waals surface area contributed by atoms with Crippen molar-refractivity contribution in [3.05, 3.63) is 76.2 Å². The molecule has 2 rings (SSSR count). The molecule has 0 saturated carbocycles. The second-order valence-electron chi connectivity index (χ2n) is 4.45. The fourth-order valence-corrected chi connectivity index (χ4v) is 2.38. The van der Waals surface area contributed by atoms with Gasteiger partial charge < -0.3 is 15.1 Å². The number of amides is 1. The molecule has 114 valence electrons. The van der Waals surface area contributed by atoms with Gasteiger partial charge in [0.1, 0.15) is 5.44 Å². The smallest absolute Gasteiger partial charge is 0.320 e. The van der Waals surface area contributed by atoms with Crippen LogP contribution in [0.3, 0.4) is 0 Å². The van der Waals surface area contributed by atoms with E-state index < -0.39 is 18.9 Å². The molecule has 0 unspecified atom stereocenters. The average Bonchev–Trinajstić information content (AvgIpc) is 2.48. The molecule has 2 aromatic carbocycles. The molecule has 0 atom stereocenters. The number of halogens is 1. The molecular formula is C15H13ClNO4P. The molecular weight excluding hydrogens is 325 g/mol. The third-order valence-electron chi connectivity index (χ3n) is 2.76. The van der Waals surface area contributed by atoms with Gasteiger partial charge in [-0.15, -0.1) is 0 Å². The van der Waals surface area contributed by atoms with Gasteiger partial charge in [-0.05, 0) is 35.9 Å². The molecule has 0 aliphatic carbocycles. The second-order valence-corrected chi connectivity index (χ2v) is 6.45. The number of nitrogens with one attached hydrogen (secondary N) is 1. The van der Waals surface area contributed by atoms with E-state index in [1.807, 2.05) is 0 Å². The third-order valence-corrected chi connectivity index (χ3v) is 3.89. The molecule has 5 nitrogen and oxygen atoms in total. The zero-order valence-electron chi connectivity index (χ0n) is 11.3. The lowest BCUT2D eigenvalue weighted by Gasteiger charge is -2.11. The molecule has 0 fully saturated rings.